The minimum atomic E-state index is -0.175. The number of hydrogen-bond donors (Lipinski definition) is 1. The highest BCUT2D eigenvalue weighted by molar-refractivity contribution is 9.10. The van der Waals surface area contributed by atoms with Crippen LogP contribution in [0, 0.1) is 13.8 Å². The third-order valence-electron chi connectivity index (χ3n) is 3.07. The second-order valence-corrected chi connectivity index (χ2v) is 5.39. The summed E-state index contributed by atoms with van der Waals surface area (Å²) in [5.74, 6) is -0.175. The number of methoxy groups -OCH3 is 1. The van der Waals surface area contributed by atoms with E-state index in [2.05, 4.69) is 39.7 Å². The molecule has 0 saturated heterocycles. The summed E-state index contributed by atoms with van der Waals surface area (Å²) in [6, 6.07) is 4.18. The van der Waals surface area contributed by atoms with Gasteiger partial charge in [-0.15, -0.1) is 0 Å². The van der Waals surface area contributed by atoms with Gasteiger partial charge in [0.2, 0.25) is 0 Å². The molecule has 1 rings (SSSR count). The van der Waals surface area contributed by atoms with Crippen LogP contribution in [0.5, 0.6) is 0 Å². The van der Waals surface area contributed by atoms with Gasteiger partial charge in [0.15, 0.2) is 0 Å². The van der Waals surface area contributed by atoms with Crippen molar-refractivity contribution in [3.63, 3.8) is 0 Å². The van der Waals surface area contributed by atoms with E-state index < -0.39 is 0 Å². The number of carbonyl (C=O) groups is 1. The Morgan fingerprint density at radius 2 is 2.06 bits per heavy atom. The number of aryl methyl sites for hydroxylation is 2. The molecule has 100 valence electrons. The molecule has 0 saturated carbocycles. The number of carbonyl (C=O) groups excluding carboxylic acids is 1. The Balaban J connectivity index is 2.64. The van der Waals surface area contributed by atoms with Crippen LogP contribution >= 0.6 is 15.9 Å². The predicted molar refractivity (Wildman–Crippen MR) is 76.4 cm³/mol. The summed E-state index contributed by atoms with van der Waals surface area (Å²) in [7, 11) is 1.41. The molecule has 1 aromatic carbocycles. The molecule has 0 aliphatic rings. The van der Waals surface area contributed by atoms with Gasteiger partial charge in [-0.3, -0.25) is 4.79 Å². The van der Waals surface area contributed by atoms with E-state index >= 15 is 0 Å². The van der Waals surface area contributed by atoms with Crippen LogP contribution in [0.4, 0.5) is 0 Å². The summed E-state index contributed by atoms with van der Waals surface area (Å²) in [4.78, 5) is 11.0. The van der Waals surface area contributed by atoms with E-state index in [1.54, 1.807) is 0 Å². The number of hydrogen-bond acceptors (Lipinski definition) is 3. The highest BCUT2D eigenvalue weighted by Crippen LogP contribution is 2.26. The summed E-state index contributed by atoms with van der Waals surface area (Å²) in [6.45, 7) is 4.11. The van der Waals surface area contributed by atoms with Crippen molar-refractivity contribution < 1.29 is 9.53 Å². The molecular weight excluding hydrogens is 294 g/mol. The van der Waals surface area contributed by atoms with E-state index in [1.165, 1.54) is 18.2 Å². The number of nitrogens with two attached hydrogens (primary N) is 1. The van der Waals surface area contributed by atoms with Gasteiger partial charge in [-0.05, 0) is 49.4 Å². The summed E-state index contributed by atoms with van der Waals surface area (Å²) in [5, 5.41) is 0. The van der Waals surface area contributed by atoms with Crippen molar-refractivity contribution in [2.75, 3.05) is 7.11 Å². The fourth-order valence-electron chi connectivity index (χ4n) is 1.93. The Morgan fingerprint density at radius 3 is 2.67 bits per heavy atom. The average molecular weight is 314 g/mol. The largest absolute Gasteiger partial charge is 0.469 e. The Kier molecular flexibility index (Phi) is 5.82. The van der Waals surface area contributed by atoms with Crippen LogP contribution in [0.15, 0.2) is 16.6 Å². The molecule has 0 amide bonds. The number of benzene rings is 1. The fraction of sp³-hybridized carbons (Fsp3) is 0.500. The van der Waals surface area contributed by atoms with Crippen molar-refractivity contribution in [3.8, 4) is 0 Å². The minimum Gasteiger partial charge on any atom is -0.469 e. The first kappa shape index (κ1) is 15.2. The number of rotatable bonds is 5. The second kappa shape index (κ2) is 6.90. The molecule has 1 aromatic rings. The van der Waals surface area contributed by atoms with Gasteiger partial charge in [-0.1, -0.05) is 22.0 Å². The molecule has 0 aliphatic carbocycles. The molecule has 1 atom stereocenters. The van der Waals surface area contributed by atoms with E-state index in [-0.39, 0.29) is 12.0 Å². The van der Waals surface area contributed by atoms with Crippen LogP contribution < -0.4 is 5.73 Å². The van der Waals surface area contributed by atoms with Gasteiger partial charge >= 0.3 is 5.97 Å². The van der Waals surface area contributed by atoms with Gasteiger partial charge in [-0.25, -0.2) is 0 Å². The topological polar surface area (TPSA) is 52.3 Å². The van der Waals surface area contributed by atoms with Crippen molar-refractivity contribution in [3.05, 3.63) is 33.3 Å². The van der Waals surface area contributed by atoms with Crippen LogP contribution in [0.25, 0.3) is 0 Å². The molecule has 3 nitrogen and oxygen atoms in total. The first-order chi connectivity index (χ1) is 8.45. The Bertz CT molecular complexity index is 432. The predicted octanol–water partition coefficient (Wildman–Crippen LogP) is 3.41. The van der Waals surface area contributed by atoms with Crippen molar-refractivity contribution in [2.45, 2.75) is 39.2 Å². The lowest BCUT2D eigenvalue weighted by molar-refractivity contribution is -0.140. The van der Waals surface area contributed by atoms with Gasteiger partial charge < -0.3 is 10.5 Å². The summed E-state index contributed by atoms with van der Waals surface area (Å²) in [5.41, 5.74) is 9.69. The number of esters is 1. The van der Waals surface area contributed by atoms with Gasteiger partial charge in [0.05, 0.1) is 7.11 Å². The molecular formula is C14H20BrNO2. The number of ether oxygens (including phenoxy) is 1. The maximum atomic E-state index is 11.0. The van der Waals surface area contributed by atoms with Crippen molar-refractivity contribution >= 4 is 21.9 Å². The zero-order chi connectivity index (χ0) is 13.7. The lowest BCUT2D eigenvalue weighted by Crippen LogP contribution is -2.13. The van der Waals surface area contributed by atoms with Gasteiger partial charge in [-0.2, -0.15) is 0 Å². The highest BCUT2D eigenvalue weighted by atomic mass is 79.9. The highest BCUT2D eigenvalue weighted by Gasteiger charge is 2.11. The van der Waals surface area contributed by atoms with Crippen molar-refractivity contribution in [1.29, 1.82) is 0 Å². The first-order valence-electron chi connectivity index (χ1n) is 6.04. The van der Waals surface area contributed by atoms with Crippen molar-refractivity contribution in [2.24, 2.45) is 5.73 Å². The van der Waals surface area contributed by atoms with Crippen molar-refractivity contribution in [1.82, 2.24) is 0 Å². The van der Waals surface area contributed by atoms with Gasteiger partial charge in [0.25, 0.3) is 0 Å². The first-order valence-corrected chi connectivity index (χ1v) is 6.84. The molecule has 4 heteroatoms. The Labute approximate surface area is 117 Å². The molecule has 0 aliphatic heterocycles. The van der Waals surface area contributed by atoms with Crippen LogP contribution in [-0.4, -0.2) is 13.1 Å². The summed E-state index contributed by atoms with van der Waals surface area (Å²) < 4.78 is 5.71. The Morgan fingerprint density at radius 1 is 1.39 bits per heavy atom. The molecule has 1 unspecified atom stereocenters. The van der Waals surface area contributed by atoms with Crippen LogP contribution in [0.2, 0.25) is 0 Å². The second-order valence-electron chi connectivity index (χ2n) is 4.53. The minimum absolute atomic E-state index is 0.0264. The van der Waals surface area contributed by atoms with E-state index in [9.17, 15) is 4.79 Å². The summed E-state index contributed by atoms with van der Waals surface area (Å²) >= 11 is 3.51. The smallest absolute Gasteiger partial charge is 0.305 e. The summed E-state index contributed by atoms with van der Waals surface area (Å²) in [6.07, 6.45) is 1.97. The SMILES string of the molecule is COC(=O)CCCC(N)c1cc(C)c(Br)cc1C. The molecule has 0 spiro atoms. The molecule has 18 heavy (non-hydrogen) atoms. The van der Waals surface area contributed by atoms with E-state index in [1.807, 2.05) is 6.92 Å². The third kappa shape index (κ3) is 4.10. The molecule has 2 N–H and O–H groups in total. The zero-order valence-corrected chi connectivity index (χ0v) is 12.7. The molecule has 0 bridgehead atoms. The lowest BCUT2D eigenvalue weighted by Gasteiger charge is -2.16. The monoisotopic (exact) mass is 313 g/mol. The quantitative estimate of drug-likeness (QED) is 0.847. The van der Waals surface area contributed by atoms with E-state index in [0.717, 1.165) is 22.9 Å². The van der Waals surface area contributed by atoms with Crippen LogP contribution in [0.1, 0.15) is 42.0 Å². The molecule has 0 fully saturated rings. The third-order valence-corrected chi connectivity index (χ3v) is 3.92. The zero-order valence-electron chi connectivity index (χ0n) is 11.1. The lowest BCUT2D eigenvalue weighted by atomic mass is 9.96. The standard InChI is InChI=1S/C14H20BrNO2/c1-9-8-12(15)10(2)7-11(9)13(16)5-4-6-14(17)18-3/h7-8,13H,4-6,16H2,1-3H3. The van der Waals surface area contributed by atoms with E-state index in [0.29, 0.717) is 6.42 Å². The maximum absolute atomic E-state index is 11.0. The molecule has 0 heterocycles. The van der Waals surface area contributed by atoms with Gasteiger partial charge in [0, 0.05) is 16.9 Å². The van der Waals surface area contributed by atoms with Crippen LogP contribution in [-0.2, 0) is 9.53 Å². The number of halogens is 1. The molecule has 0 aromatic heterocycles. The van der Waals surface area contributed by atoms with Crippen LogP contribution in [0.3, 0.4) is 0 Å². The maximum Gasteiger partial charge on any atom is 0.305 e. The Hall–Kier alpha value is -0.870. The average Bonchev–Trinajstić information content (AvgIpc) is 2.33. The fourth-order valence-corrected chi connectivity index (χ4v) is 2.38. The normalized spacial score (nSPS) is 12.3. The van der Waals surface area contributed by atoms with Gasteiger partial charge in [0.1, 0.15) is 0 Å². The molecule has 0 radical (unpaired) electrons. The van der Waals surface area contributed by atoms with E-state index in [4.69, 9.17) is 5.73 Å².